The lowest BCUT2D eigenvalue weighted by Crippen LogP contribution is -2.00. The maximum Gasteiger partial charge on any atom is 0.196 e. The van der Waals surface area contributed by atoms with Gasteiger partial charge in [0.05, 0.1) is 23.8 Å². The Morgan fingerprint density at radius 1 is 0.962 bits per heavy atom. The summed E-state index contributed by atoms with van der Waals surface area (Å²) in [5.41, 5.74) is 6.24. The van der Waals surface area contributed by atoms with E-state index in [2.05, 4.69) is 10.2 Å². The fraction of sp³-hybridized carbons (Fsp3) is 0.0952. The van der Waals surface area contributed by atoms with Crippen LogP contribution in [-0.2, 0) is 0 Å². The van der Waals surface area contributed by atoms with Crippen molar-refractivity contribution in [1.82, 2.24) is 15.2 Å². The molecule has 2 aromatic heterocycles. The Bertz CT molecular complexity index is 1190. The van der Waals surface area contributed by atoms with E-state index in [0.717, 1.165) is 33.5 Å². The summed E-state index contributed by atoms with van der Waals surface area (Å²) in [4.78, 5) is 17.9. The highest BCUT2D eigenvalue weighted by molar-refractivity contribution is 6.26. The Kier molecular flexibility index (Phi) is 3.00. The number of hydrogen-bond acceptors (Lipinski definition) is 4. The molecule has 0 saturated heterocycles. The number of hydrogen-bond donors (Lipinski definition) is 1. The number of benzene rings is 2. The van der Waals surface area contributed by atoms with Crippen LogP contribution in [0.25, 0.3) is 33.4 Å². The average molecular weight is 341 g/mol. The highest BCUT2D eigenvalue weighted by Gasteiger charge is 2.33. The van der Waals surface area contributed by atoms with Crippen LogP contribution in [-0.4, -0.2) is 28.1 Å². The predicted molar refractivity (Wildman–Crippen MR) is 99.5 cm³/mol. The number of H-pyrrole nitrogens is 1. The Hall–Kier alpha value is -3.47. The smallest absolute Gasteiger partial charge is 0.196 e. The van der Waals surface area contributed by atoms with Gasteiger partial charge in [-0.3, -0.25) is 9.89 Å². The second-order valence-corrected chi connectivity index (χ2v) is 6.36. The van der Waals surface area contributed by atoms with E-state index in [4.69, 9.17) is 9.72 Å². The van der Waals surface area contributed by atoms with E-state index in [0.29, 0.717) is 22.5 Å². The van der Waals surface area contributed by atoms with E-state index >= 15 is 0 Å². The van der Waals surface area contributed by atoms with Crippen molar-refractivity contribution < 1.29 is 9.53 Å². The molecule has 0 fully saturated rings. The summed E-state index contributed by atoms with van der Waals surface area (Å²) < 4.78 is 5.27. The van der Waals surface area contributed by atoms with Crippen molar-refractivity contribution in [3.63, 3.8) is 0 Å². The summed E-state index contributed by atoms with van der Waals surface area (Å²) >= 11 is 0. The van der Waals surface area contributed by atoms with Crippen molar-refractivity contribution >= 4 is 16.8 Å². The van der Waals surface area contributed by atoms with Gasteiger partial charge in [0, 0.05) is 22.4 Å². The van der Waals surface area contributed by atoms with Gasteiger partial charge in [0.15, 0.2) is 11.4 Å². The average Bonchev–Trinajstić information content (AvgIpc) is 3.19. The van der Waals surface area contributed by atoms with Crippen LogP contribution in [0.5, 0.6) is 5.75 Å². The number of carbonyl (C=O) groups is 1. The maximum atomic E-state index is 13.2. The zero-order valence-electron chi connectivity index (χ0n) is 14.3. The lowest BCUT2D eigenvalue weighted by molar-refractivity contribution is 0.104. The van der Waals surface area contributed by atoms with Crippen LogP contribution < -0.4 is 4.74 Å². The molecule has 26 heavy (non-hydrogen) atoms. The van der Waals surface area contributed by atoms with Crippen LogP contribution in [0.4, 0.5) is 0 Å². The number of aryl methyl sites for hydroxylation is 1. The molecule has 2 aromatic carbocycles. The number of nitrogens with one attached hydrogen (secondary N) is 1. The molecule has 0 radical (unpaired) electrons. The number of pyridine rings is 1. The zero-order chi connectivity index (χ0) is 17.8. The van der Waals surface area contributed by atoms with Gasteiger partial charge in [0.25, 0.3) is 0 Å². The first kappa shape index (κ1) is 14.8. The summed E-state index contributed by atoms with van der Waals surface area (Å²) in [7, 11) is 1.64. The van der Waals surface area contributed by atoms with Crippen LogP contribution in [0.15, 0.2) is 48.5 Å². The Morgan fingerprint density at radius 3 is 2.42 bits per heavy atom. The first-order valence-corrected chi connectivity index (χ1v) is 8.36. The molecule has 1 aliphatic carbocycles. The Balaban J connectivity index is 1.90. The van der Waals surface area contributed by atoms with E-state index in [9.17, 15) is 4.79 Å². The van der Waals surface area contributed by atoms with E-state index in [1.54, 1.807) is 7.11 Å². The van der Waals surface area contributed by atoms with E-state index in [1.165, 1.54) is 0 Å². The first-order valence-electron chi connectivity index (χ1n) is 8.36. The molecule has 2 heterocycles. The maximum absolute atomic E-state index is 13.2. The number of ether oxygens (including phenoxy) is 1. The summed E-state index contributed by atoms with van der Waals surface area (Å²) in [5, 5.41) is 8.23. The van der Waals surface area contributed by atoms with Gasteiger partial charge in [-0.05, 0) is 24.6 Å². The third kappa shape index (κ3) is 1.88. The molecular weight excluding hydrogens is 326 g/mol. The second-order valence-electron chi connectivity index (χ2n) is 6.36. The predicted octanol–water partition coefficient (Wildman–Crippen LogP) is 4.15. The Labute approximate surface area is 149 Å². The number of fused-ring (bicyclic) bond motifs is 4. The van der Waals surface area contributed by atoms with Gasteiger partial charge in [0.1, 0.15) is 5.75 Å². The quantitative estimate of drug-likeness (QED) is 0.524. The number of nitrogens with zero attached hydrogens (tertiary/aromatic N) is 2. The van der Waals surface area contributed by atoms with Gasteiger partial charge in [0.2, 0.25) is 0 Å². The van der Waals surface area contributed by atoms with Crippen molar-refractivity contribution in [2.24, 2.45) is 0 Å². The number of ketones is 1. The minimum Gasteiger partial charge on any atom is -0.497 e. The highest BCUT2D eigenvalue weighted by Crippen LogP contribution is 2.44. The molecule has 0 saturated carbocycles. The van der Waals surface area contributed by atoms with Gasteiger partial charge in [-0.1, -0.05) is 36.4 Å². The van der Waals surface area contributed by atoms with Gasteiger partial charge < -0.3 is 4.74 Å². The van der Waals surface area contributed by atoms with Crippen LogP contribution in [0.1, 0.15) is 21.6 Å². The molecule has 5 heteroatoms. The van der Waals surface area contributed by atoms with Crippen LogP contribution in [0.3, 0.4) is 0 Å². The van der Waals surface area contributed by atoms with Crippen molar-refractivity contribution in [2.45, 2.75) is 6.92 Å². The molecule has 1 aliphatic rings. The third-order valence-electron chi connectivity index (χ3n) is 4.92. The number of methoxy groups -OCH3 is 1. The Morgan fingerprint density at radius 2 is 1.69 bits per heavy atom. The minimum absolute atomic E-state index is 0.0106. The van der Waals surface area contributed by atoms with E-state index < -0.39 is 0 Å². The molecule has 0 aliphatic heterocycles. The fourth-order valence-electron chi connectivity index (χ4n) is 3.69. The van der Waals surface area contributed by atoms with Crippen molar-refractivity contribution in [1.29, 1.82) is 0 Å². The van der Waals surface area contributed by atoms with E-state index in [1.807, 2.05) is 55.5 Å². The summed E-state index contributed by atoms with van der Waals surface area (Å²) in [6.45, 7) is 1.95. The number of aromatic nitrogens is 3. The molecule has 4 aromatic rings. The molecule has 1 N–H and O–H groups in total. The SMILES string of the molecule is COc1ccc(-c2c3c(nc4n[nH]c(C)c24)-c2ccccc2C3=O)cc1. The molecule has 0 amide bonds. The largest absolute Gasteiger partial charge is 0.497 e. The molecule has 0 unspecified atom stereocenters. The molecule has 0 spiro atoms. The second kappa shape index (κ2) is 5.26. The molecule has 5 nitrogen and oxygen atoms in total. The van der Waals surface area contributed by atoms with Gasteiger partial charge >= 0.3 is 0 Å². The van der Waals surface area contributed by atoms with Crippen LogP contribution in [0.2, 0.25) is 0 Å². The van der Waals surface area contributed by atoms with E-state index in [-0.39, 0.29) is 5.78 Å². The van der Waals surface area contributed by atoms with Crippen LogP contribution >= 0.6 is 0 Å². The number of rotatable bonds is 2. The first-order chi connectivity index (χ1) is 12.7. The molecule has 5 rings (SSSR count). The molecule has 0 bridgehead atoms. The molecular formula is C21H15N3O2. The van der Waals surface area contributed by atoms with Gasteiger partial charge in [-0.15, -0.1) is 0 Å². The summed E-state index contributed by atoms with van der Waals surface area (Å²) in [6.07, 6.45) is 0. The van der Waals surface area contributed by atoms with Crippen molar-refractivity contribution in [3.05, 3.63) is 65.4 Å². The lowest BCUT2D eigenvalue weighted by atomic mass is 9.94. The minimum atomic E-state index is 0.0106. The normalized spacial score (nSPS) is 12.3. The molecule has 126 valence electrons. The zero-order valence-corrected chi connectivity index (χ0v) is 14.3. The monoisotopic (exact) mass is 341 g/mol. The van der Waals surface area contributed by atoms with Crippen molar-refractivity contribution in [2.75, 3.05) is 7.11 Å². The van der Waals surface area contributed by atoms with Crippen molar-refractivity contribution in [3.8, 4) is 28.1 Å². The van der Waals surface area contributed by atoms with Gasteiger partial charge in [-0.25, -0.2) is 4.98 Å². The number of carbonyl (C=O) groups excluding carboxylic acids is 1. The van der Waals surface area contributed by atoms with Crippen LogP contribution in [0, 0.1) is 6.92 Å². The fourth-order valence-corrected chi connectivity index (χ4v) is 3.69. The summed E-state index contributed by atoms with van der Waals surface area (Å²) in [5.74, 6) is 0.783. The summed E-state index contributed by atoms with van der Waals surface area (Å²) in [6, 6.07) is 15.3. The van der Waals surface area contributed by atoms with Gasteiger partial charge in [-0.2, -0.15) is 5.10 Å². The number of aromatic amines is 1. The standard InChI is InChI=1S/C21H15N3O2/c1-11-16-17(12-7-9-13(26-2)10-8-12)18-19(22-21(16)24-23-11)14-5-3-4-6-15(14)20(18)25/h3-10H,1-2H3,(H,22,23,24). The lowest BCUT2D eigenvalue weighted by Gasteiger charge is -2.11. The molecule has 0 atom stereocenters. The third-order valence-corrected chi connectivity index (χ3v) is 4.92. The topological polar surface area (TPSA) is 67.9 Å². The highest BCUT2D eigenvalue weighted by atomic mass is 16.5.